The molecule has 1 N–H and O–H groups in total. The van der Waals surface area contributed by atoms with Crippen molar-refractivity contribution in [2.75, 3.05) is 25.6 Å². The van der Waals surface area contributed by atoms with Crippen molar-refractivity contribution in [1.29, 1.82) is 0 Å². The Balaban J connectivity index is 1.52. The van der Waals surface area contributed by atoms with Gasteiger partial charge in [-0.05, 0) is 29.8 Å². The lowest BCUT2D eigenvalue weighted by atomic mass is 10.1. The zero-order valence-electron chi connectivity index (χ0n) is 13.9. The van der Waals surface area contributed by atoms with E-state index in [0.717, 1.165) is 20.3 Å². The summed E-state index contributed by atoms with van der Waals surface area (Å²) in [4.78, 5) is 16.9. The third kappa shape index (κ3) is 3.34. The maximum Gasteiger partial charge on any atom is 0.230 e. The molecule has 0 bridgehead atoms. The average molecular weight is 435 g/mol. The van der Waals surface area contributed by atoms with Crippen molar-refractivity contribution in [2.24, 2.45) is 0 Å². The number of nitrogens with one attached hydrogen (secondary N) is 1. The molecule has 4 rings (SSSR count). The molecule has 0 aliphatic carbocycles. The van der Waals surface area contributed by atoms with Crippen LogP contribution < -0.4 is 19.5 Å². The van der Waals surface area contributed by atoms with E-state index in [0.29, 0.717) is 35.6 Å². The molecule has 0 spiro atoms. The third-order valence-corrected chi connectivity index (χ3v) is 5.58. The van der Waals surface area contributed by atoms with Gasteiger partial charge in [-0.3, -0.25) is 4.79 Å². The molecule has 0 fully saturated rings. The smallest absolute Gasteiger partial charge is 0.230 e. The highest BCUT2D eigenvalue weighted by atomic mass is 79.9. The van der Waals surface area contributed by atoms with E-state index in [1.54, 1.807) is 7.11 Å². The summed E-state index contributed by atoms with van der Waals surface area (Å²) in [7, 11) is 1.60. The number of aromatic nitrogens is 1. The minimum absolute atomic E-state index is 0.152. The maximum absolute atomic E-state index is 12.5. The molecule has 134 valence electrons. The largest absolute Gasteiger partial charge is 0.494 e. The Labute approximate surface area is 162 Å². The number of ether oxygens (including phenoxy) is 3. The van der Waals surface area contributed by atoms with E-state index in [2.05, 4.69) is 26.2 Å². The Kier molecular flexibility index (Phi) is 4.69. The normalized spacial score (nSPS) is 12.8. The minimum Gasteiger partial charge on any atom is -0.494 e. The maximum atomic E-state index is 12.5. The molecule has 0 saturated carbocycles. The second kappa shape index (κ2) is 7.13. The number of thiazole rings is 1. The second-order valence-electron chi connectivity index (χ2n) is 5.64. The summed E-state index contributed by atoms with van der Waals surface area (Å²) in [5.74, 6) is 1.88. The van der Waals surface area contributed by atoms with Crippen molar-refractivity contribution in [1.82, 2.24) is 4.98 Å². The lowest BCUT2D eigenvalue weighted by Gasteiger charge is -2.19. The summed E-state index contributed by atoms with van der Waals surface area (Å²) in [6, 6.07) is 9.36. The first-order chi connectivity index (χ1) is 12.6. The van der Waals surface area contributed by atoms with Crippen LogP contribution in [0.5, 0.6) is 17.2 Å². The number of carbonyl (C=O) groups excluding carboxylic acids is 1. The predicted molar refractivity (Wildman–Crippen MR) is 104 cm³/mol. The van der Waals surface area contributed by atoms with Gasteiger partial charge in [0.15, 0.2) is 16.6 Å². The average Bonchev–Trinajstić information content (AvgIpc) is 3.04. The first-order valence-electron chi connectivity index (χ1n) is 7.95. The minimum atomic E-state index is -0.152. The van der Waals surface area contributed by atoms with Gasteiger partial charge in [0.1, 0.15) is 24.5 Å². The molecule has 6 nitrogen and oxygen atoms in total. The number of hydrogen-bond donors (Lipinski definition) is 1. The molecule has 0 radical (unpaired) electrons. The monoisotopic (exact) mass is 434 g/mol. The van der Waals surface area contributed by atoms with Crippen LogP contribution in [0.4, 0.5) is 5.13 Å². The van der Waals surface area contributed by atoms with Gasteiger partial charge in [0, 0.05) is 4.47 Å². The Morgan fingerprint density at radius 2 is 2.08 bits per heavy atom. The summed E-state index contributed by atoms with van der Waals surface area (Å²) in [5.41, 5.74) is 1.57. The zero-order valence-corrected chi connectivity index (χ0v) is 16.3. The van der Waals surface area contributed by atoms with Crippen LogP contribution >= 0.6 is 27.3 Å². The number of fused-ring (bicyclic) bond motifs is 2. The van der Waals surface area contributed by atoms with Crippen LogP contribution in [0.2, 0.25) is 0 Å². The van der Waals surface area contributed by atoms with Gasteiger partial charge in [-0.15, -0.1) is 0 Å². The summed E-state index contributed by atoms with van der Waals surface area (Å²) >= 11 is 4.90. The molecule has 1 aromatic heterocycles. The molecule has 2 heterocycles. The Bertz CT molecular complexity index is 989. The highest BCUT2D eigenvalue weighted by Crippen LogP contribution is 2.36. The number of benzene rings is 2. The lowest BCUT2D eigenvalue weighted by Crippen LogP contribution is -2.17. The fourth-order valence-corrected chi connectivity index (χ4v) is 4.08. The molecular weight excluding hydrogens is 420 g/mol. The van der Waals surface area contributed by atoms with Gasteiger partial charge >= 0.3 is 0 Å². The van der Waals surface area contributed by atoms with E-state index in [9.17, 15) is 4.79 Å². The van der Waals surface area contributed by atoms with Gasteiger partial charge in [0.05, 0.1) is 18.2 Å². The Hall–Kier alpha value is -2.32. The van der Waals surface area contributed by atoms with Crippen LogP contribution in [-0.4, -0.2) is 31.2 Å². The molecule has 1 amide bonds. The molecule has 3 aromatic rings. The molecule has 26 heavy (non-hydrogen) atoms. The van der Waals surface area contributed by atoms with Crippen LogP contribution in [0.15, 0.2) is 34.8 Å². The summed E-state index contributed by atoms with van der Waals surface area (Å²) in [5, 5.41) is 3.40. The molecule has 8 heteroatoms. The zero-order chi connectivity index (χ0) is 18.1. The fourth-order valence-electron chi connectivity index (χ4n) is 2.72. The van der Waals surface area contributed by atoms with E-state index >= 15 is 0 Å². The highest BCUT2D eigenvalue weighted by molar-refractivity contribution is 9.10. The molecule has 0 atom stereocenters. The van der Waals surface area contributed by atoms with Crippen LogP contribution in [0.1, 0.15) is 5.56 Å². The molecule has 1 aliphatic rings. The van der Waals surface area contributed by atoms with E-state index in [1.165, 1.54) is 11.3 Å². The molecule has 0 unspecified atom stereocenters. The summed E-state index contributed by atoms with van der Waals surface area (Å²) in [6.07, 6.45) is 0.199. The van der Waals surface area contributed by atoms with E-state index in [4.69, 9.17) is 14.2 Å². The van der Waals surface area contributed by atoms with Crippen LogP contribution in [0, 0.1) is 0 Å². The quantitative estimate of drug-likeness (QED) is 0.671. The number of rotatable bonds is 4. The molecule has 0 saturated heterocycles. The van der Waals surface area contributed by atoms with E-state index in [1.807, 2.05) is 30.3 Å². The first kappa shape index (κ1) is 17.1. The SMILES string of the molecule is COc1cccc2sc(NC(=O)Cc3cc4c(cc3Br)OCCO4)nc12. The standard InChI is InChI=1S/C18H15BrN2O4S/c1-23-12-3-2-4-15-17(12)21-18(26-15)20-16(22)8-10-7-13-14(9-11(10)19)25-6-5-24-13/h2-4,7,9H,5-6,8H2,1H3,(H,20,21,22). The first-order valence-corrected chi connectivity index (χ1v) is 9.56. The van der Waals surface area contributed by atoms with Gasteiger partial charge < -0.3 is 19.5 Å². The van der Waals surface area contributed by atoms with Gasteiger partial charge in [-0.25, -0.2) is 4.98 Å². The number of nitrogens with zero attached hydrogens (tertiary/aromatic N) is 1. The van der Waals surface area contributed by atoms with E-state index in [-0.39, 0.29) is 12.3 Å². The third-order valence-electron chi connectivity index (χ3n) is 3.91. The second-order valence-corrected chi connectivity index (χ2v) is 7.52. The number of methoxy groups -OCH3 is 1. The number of carbonyl (C=O) groups is 1. The Morgan fingerprint density at radius 1 is 1.31 bits per heavy atom. The van der Waals surface area contributed by atoms with Gasteiger partial charge in [0.25, 0.3) is 0 Å². The predicted octanol–water partition coefficient (Wildman–Crippen LogP) is 4.02. The van der Waals surface area contributed by atoms with Crippen molar-refractivity contribution in [2.45, 2.75) is 6.42 Å². The number of anilines is 1. The van der Waals surface area contributed by atoms with Gasteiger partial charge in [-0.1, -0.05) is 33.3 Å². The molecule has 2 aromatic carbocycles. The van der Waals surface area contributed by atoms with Crippen molar-refractivity contribution in [3.8, 4) is 17.2 Å². The fraction of sp³-hybridized carbons (Fsp3) is 0.222. The molecular formula is C18H15BrN2O4S. The van der Waals surface area contributed by atoms with Crippen molar-refractivity contribution < 1.29 is 19.0 Å². The number of halogens is 1. The topological polar surface area (TPSA) is 69.7 Å². The molecule has 1 aliphatic heterocycles. The van der Waals surface area contributed by atoms with Crippen molar-refractivity contribution in [3.63, 3.8) is 0 Å². The van der Waals surface area contributed by atoms with Crippen molar-refractivity contribution in [3.05, 3.63) is 40.4 Å². The lowest BCUT2D eigenvalue weighted by molar-refractivity contribution is -0.115. The number of hydrogen-bond acceptors (Lipinski definition) is 6. The number of para-hydroxylation sites is 1. The van der Waals surface area contributed by atoms with Gasteiger partial charge in [0.2, 0.25) is 5.91 Å². The highest BCUT2D eigenvalue weighted by Gasteiger charge is 2.17. The Morgan fingerprint density at radius 3 is 2.85 bits per heavy atom. The van der Waals surface area contributed by atoms with Crippen LogP contribution in [0.3, 0.4) is 0 Å². The summed E-state index contributed by atoms with van der Waals surface area (Å²) in [6.45, 7) is 1.04. The van der Waals surface area contributed by atoms with Crippen LogP contribution in [0.25, 0.3) is 10.2 Å². The van der Waals surface area contributed by atoms with E-state index < -0.39 is 0 Å². The summed E-state index contributed by atoms with van der Waals surface area (Å²) < 4.78 is 18.2. The number of amides is 1. The van der Waals surface area contributed by atoms with Crippen molar-refractivity contribution >= 4 is 48.5 Å². The van der Waals surface area contributed by atoms with Crippen LogP contribution in [-0.2, 0) is 11.2 Å². The van der Waals surface area contributed by atoms with Gasteiger partial charge in [-0.2, -0.15) is 0 Å².